The predicted molar refractivity (Wildman–Crippen MR) is 113 cm³/mol. The molecule has 156 valence electrons. The molecule has 1 amide bonds. The van der Waals surface area contributed by atoms with Crippen LogP contribution in [0.5, 0.6) is 17.5 Å². The molecule has 2 aromatic heterocycles. The number of para-hydroxylation sites is 1. The van der Waals surface area contributed by atoms with Gasteiger partial charge in [0.1, 0.15) is 17.3 Å². The molecule has 0 saturated carbocycles. The van der Waals surface area contributed by atoms with E-state index in [-0.39, 0.29) is 30.0 Å². The van der Waals surface area contributed by atoms with Crippen molar-refractivity contribution in [3.05, 3.63) is 72.2 Å². The number of anilines is 3. The highest BCUT2D eigenvalue weighted by Gasteiger charge is 2.11. The summed E-state index contributed by atoms with van der Waals surface area (Å²) in [4.78, 5) is 24.8. The van der Waals surface area contributed by atoms with Gasteiger partial charge in [0.05, 0.1) is 6.42 Å². The maximum atomic E-state index is 12.2. The number of phenolic OH excluding ortho intramolecular Hbond substituents is 1. The van der Waals surface area contributed by atoms with Crippen LogP contribution in [0.2, 0.25) is 0 Å². The zero-order chi connectivity index (χ0) is 21.6. The van der Waals surface area contributed by atoms with E-state index in [9.17, 15) is 9.90 Å². The Morgan fingerprint density at radius 1 is 1.06 bits per heavy atom. The Balaban J connectivity index is 1.40. The number of nitrogens with one attached hydrogen (secondary N) is 3. The zero-order valence-corrected chi connectivity index (χ0v) is 16.5. The second-order valence-corrected chi connectivity index (χ2v) is 6.58. The molecular formula is C21H19N7O3. The van der Waals surface area contributed by atoms with Crippen molar-refractivity contribution in [3.8, 4) is 17.5 Å². The number of carbonyl (C=O) groups is 1. The highest BCUT2D eigenvalue weighted by Crippen LogP contribution is 2.22. The van der Waals surface area contributed by atoms with Crippen LogP contribution < -0.4 is 15.4 Å². The number of aryl methyl sites for hydroxylation is 1. The molecule has 0 unspecified atom stereocenters. The number of hydrogen-bond donors (Lipinski definition) is 4. The van der Waals surface area contributed by atoms with Crippen molar-refractivity contribution in [2.75, 3.05) is 10.6 Å². The minimum atomic E-state index is -0.165. The molecule has 0 spiro atoms. The number of hydrogen-bond acceptors (Lipinski definition) is 8. The number of rotatable bonds is 7. The smallest absolute Gasteiger partial charge is 0.327 e. The third kappa shape index (κ3) is 5.54. The number of ether oxygens (including phenoxy) is 1. The van der Waals surface area contributed by atoms with Crippen LogP contribution in [-0.2, 0) is 11.2 Å². The van der Waals surface area contributed by atoms with Crippen LogP contribution in [0, 0.1) is 6.92 Å². The van der Waals surface area contributed by atoms with Crippen LogP contribution in [0.4, 0.5) is 17.5 Å². The molecule has 4 N–H and O–H groups in total. The summed E-state index contributed by atoms with van der Waals surface area (Å²) in [5.41, 5.74) is 1.36. The highest BCUT2D eigenvalue weighted by atomic mass is 16.5. The summed E-state index contributed by atoms with van der Waals surface area (Å²) >= 11 is 0. The molecule has 0 atom stereocenters. The van der Waals surface area contributed by atoms with Crippen molar-refractivity contribution in [3.63, 3.8) is 0 Å². The average Bonchev–Trinajstić information content (AvgIpc) is 3.16. The molecule has 31 heavy (non-hydrogen) atoms. The Labute approximate surface area is 177 Å². The fraction of sp³-hybridized carbons (Fsp3) is 0.0952. The van der Waals surface area contributed by atoms with Gasteiger partial charge in [0.25, 0.3) is 0 Å². The first-order chi connectivity index (χ1) is 15.0. The number of amides is 1. The van der Waals surface area contributed by atoms with Gasteiger partial charge in [0.15, 0.2) is 5.82 Å². The second-order valence-electron chi connectivity index (χ2n) is 6.58. The topological polar surface area (TPSA) is 138 Å². The van der Waals surface area contributed by atoms with Crippen LogP contribution in [0.1, 0.15) is 11.5 Å². The Bertz CT molecular complexity index is 1180. The van der Waals surface area contributed by atoms with Crippen molar-refractivity contribution >= 4 is 23.4 Å². The van der Waals surface area contributed by atoms with E-state index in [1.165, 1.54) is 12.1 Å². The predicted octanol–water partition coefficient (Wildman–Crippen LogP) is 3.33. The van der Waals surface area contributed by atoms with E-state index in [2.05, 4.69) is 35.8 Å². The molecule has 0 fully saturated rings. The van der Waals surface area contributed by atoms with Crippen molar-refractivity contribution < 1.29 is 14.6 Å². The standard InChI is InChI=1S/C21H19N7O3/c1-13-22-20(26-21(23-13)31-17-9-7-16(29)8-10-17)25-18-11-15(27-28-18)12-19(30)24-14-5-3-2-4-6-14/h2-11,29H,12H2,1H3,(H,24,30)(H2,22,23,25,26,27,28). The Morgan fingerprint density at radius 2 is 1.84 bits per heavy atom. The number of benzene rings is 2. The van der Waals surface area contributed by atoms with Crippen molar-refractivity contribution in [1.82, 2.24) is 25.1 Å². The van der Waals surface area contributed by atoms with E-state index in [0.29, 0.717) is 23.1 Å². The molecular weight excluding hydrogens is 398 g/mol. The third-order valence-electron chi connectivity index (χ3n) is 4.05. The monoisotopic (exact) mass is 417 g/mol. The van der Waals surface area contributed by atoms with E-state index in [4.69, 9.17) is 4.74 Å². The normalized spacial score (nSPS) is 10.5. The van der Waals surface area contributed by atoms with Gasteiger partial charge in [-0.05, 0) is 43.3 Å². The Hall–Kier alpha value is -4.47. The number of aromatic nitrogens is 5. The van der Waals surface area contributed by atoms with Gasteiger partial charge in [0.2, 0.25) is 11.9 Å². The first-order valence-corrected chi connectivity index (χ1v) is 9.39. The Kier molecular flexibility index (Phi) is 5.70. The van der Waals surface area contributed by atoms with Crippen LogP contribution in [0.15, 0.2) is 60.7 Å². The van der Waals surface area contributed by atoms with Crippen molar-refractivity contribution in [1.29, 1.82) is 0 Å². The van der Waals surface area contributed by atoms with E-state index in [0.717, 1.165) is 5.69 Å². The number of aromatic hydroxyl groups is 1. The zero-order valence-electron chi connectivity index (χ0n) is 16.5. The van der Waals surface area contributed by atoms with Crippen molar-refractivity contribution in [2.45, 2.75) is 13.3 Å². The summed E-state index contributed by atoms with van der Waals surface area (Å²) in [6.07, 6.45) is 0.134. The molecule has 0 saturated heterocycles. The molecule has 10 nitrogen and oxygen atoms in total. The summed E-state index contributed by atoms with van der Waals surface area (Å²) < 4.78 is 5.61. The van der Waals surface area contributed by atoms with Gasteiger partial charge in [-0.1, -0.05) is 18.2 Å². The van der Waals surface area contributed by atoms with Gasteiger partial charge < -0.3 is 20.5 Å². The first kappa shape index (κ1) is 19.8. The minimum Gasteiger partial charge on any atom is -0.508 e. The van der Waals surface area contributed by atoms with Gasteiger partial charge in [-0.3, -0.25) is 9.89 Å². The van der Waals surface area contributed by atoms with E-state index >= 15 is 0 Å². The average molecular weight is 417 g/mol. The fourth-order valence-corrected chi connectivity index (χ4v) is 2.71. The lowest BCUT2D eigenvalue weighted by Gasteiger charge is -2.07. The van der Waals surface area contributed by atoms with Gasteiger partial charge in [-0.25, -0.2) is 0 Å². The van der Waals surface area contributed by atoms with Gasteiger partial charge in [0, 0.05) is 17.4 Å². The first-order valence-electron chi connectivity index (χ1n) is 9.39. The lowest BCUT2D eigenvalue weighted by Crippen LogP contribution is -2.14. The summed E-state index contributed by atoms with van der Waals surface area (Å²) in [5.74, 6) is 1.58. The number of nitrogens with zero attached hydrogens (tertiary/aromatic N) is 4. The molecule has 10 heteroatoms. The third-order valence-corrected chi connectivity index (χ3v) is 4.05. The van der Waals surface area contributed by atoms with Crippen molar-refractivity contribution in [2.24, 2.45) is 0 Å². The molecule has 0 aliphatic carbocycles. The summed E-state index contributed by atoms with van der Waals surface area (Å²) in [6, 6.07) is 17.2. The summed E-state index contributed by atoms with van der Waals surface area (Å²) in [7, 11) is 0. The SMILES string of the molecule is Cc1nc(Nc2cc(CC(=O)Nc3ccccc3)[nH]n2)nc(Oc2ccc(O)cc2)n1. The number of H-pyrrole nitrogens is 1. The molecule has 4 aromatic rings. The molecule has 2 aromatic carbocycles. The largest absolute Gasteiger partial charge is 0.508 e. The second kappa shape index (κ2) is 8.91. The lowest BCUT2D eigenvalue weighted by molar-refractivity contribution is -0.115. The molecule has 4 rings (SSSR count). The fourth-order valence-electron chi connectivity index (χ4n) is 2.71. The maximum absolute atomic E-state index is 12.2. The number of carbonyl (C=O) groups excluding carboxylic acids is 1. The number of aromatic amines is 1. The summed E-state index contributed by atoms with van der Waals surface area (Å²) in [5, 5.41) is 22.1. The quantitative estimate of drug-likeness (QED) is 0.359. The van der Waals surface area contributed by atoms with E-state index in [1.807, 2.05) is 30.3 Å². The molecule has 0 radical (unpaired) electrons. The lowest BCUT2D eigenvalue weighted by atomic mass is 10.2. The summed E-state index contributed by atoms with van der Waals surface area (Å²) in [6.45, 7) is 1.71. The Morgan fingerprint density at radius 3 is 2.61 bits per heavy atom. The van der Waals surface area contributed by atoms with Gasteiger partial charge in [-0.15, -0.1) is 0 Å². The van der Waals surface area contributed by atoms with E-state index < -0.39 is 0 Å². The minimum absolute atomic E-state index is 0.0960. The maximum Gasteiger partial charge on any atom is 0.327 e. The van der Waals surface area contributed by atoms with Gasteiger partial charge >= 0.3 is 6.01 Å². The van der Waals surface area contributed by atoms with Crippen LogP contribution in [0.25, 0.3) is 0 Å². The van der Waals surface area contributed by atoms with Gasteiger partial charge in [-0.2, -0.15) is 20.1 Å². The highest BCUT2D eigenvalue weighted by molar-refractivity contribution is 5.92. The number of phenols is 1. The van der Waals surface area contributed by atoms with Crippen LogP contribution in [0.3, 0.4) is 0 Å². The molecule has 2 heterocycles. The van der Waals surface area contributed by atoms with E-state index in [1.54, 1.807) is 25.1 Å². The van der Waals surface area contributed by atoms with Crippen LogP contribution in [-0.4, -0.2) is 36.2 Å². The molecule has 0 bridgehead atoms. The van der Waals surface area contributed by atoms with Crippen LogP contribution >= 0.6 is 0 Å². The molecule has 0 aliphatic rings. The molecule has 0 aliphatic heterocycles.